The number of hydrogen-bond donors (Lipinski definition) is 3. The monoisotopic (exact) mass is 1130 g/mol. The van der Waals surface area contributed by atoms with E-state index in [-0.39, 0.29) is 79.4 Å². The molecule has 1 saturated heterocycles. The number of carbonyl (C=O) groups excluding carboxylic acids is 7. The lowest BCUT2D eigenvalue weighted by atomic mass is 9.74. The van der Waals surface area contributed by atoms with Crippen LogP contribution in [0, 0.1) is 24.7 Å². The molecule has 83 heavy (non-hydrogen) atoms. The van der Waals surface area contributed by atoms with Crippen molar-refractivity contribution >= 4 is 89.8 Å². The van der Waals surface area contributed by atoms with Gasteiger partial charge in [0.15, 0.2) is 23.0 Å². The number of carbonyl (C=O) groups is 7. The Morgan fingerprint density at radius 2 is 1.34 bits per heavy atom. The van der Waals surface area contributed by atoms with Crippen LogP contribution in [-0.4, -0.2) is 134 Å². The molecule has 0 saturated carbocycles. The summed E-state index contributed by atoms with van der Waals surface area (Å²) < 4.78 is 23.8. The zero-order chi connectivity index (χ0) is 59.3. The molecule has 20 heteroatoms. The van der Waals surface area contributed by atoms with E-state index in [1.54, 1.807) is 59.3 Å². The molecule has 0 spiro atoms. The van der Waals surface area contributed by atoms with E-state index in [0.717, 1.165) is 22.3 Å². The molecule has 5 heterocycles. The molecule has 19 nitrogen and oxygen atoms in total. The van der Waals surface area contributed by atoms with Gasteiger partial charge in [-0.3, -0.25) is 48.4 Å². The highest BCUT2D eigenvalue weighted by Crippen LogP contribution is 2.44. The first-order valence-electron chi connectivity index (χ1n) is 28.5. The lowest BCUT2D eigenvalue weighted by Crippen LogP contribution is -2.53. The summed E-state index contributed by atoms with van der Waals surface area (Å²) in [4.78, 5) is 107. The largest absolute Gasteiger partial charge is 0.493 e. The molecule has 7 amide bonds. The number of imide groups is 1. The van der Waals surface area contributed by atoms with Gasteiger partial charge in [-0.1, -0.05) is 76.1 Å². The molecule has 1 fully saturated rings. The van der Waals surface area contributed by atoms with Crippen LogP contribution in [0.5, 0.6) is 23.0 Å². The number of anilines is 1. The SMILES string of the molecule is BC12C=Nc3cc(OCCCOc4cc5c(cc4OC)C(=O)N4C=C(c6ccc(C)cc6)CC4C=N5)c(OC)cc3C(=O)N1C=C(c1ccc(NC(=O)C(C)NC(=O)C(NC(=O)CCCCCN3C(=O)CC(C(C)C)C3=O)C(C)C)cc1)C2. The molecule has 3 N–H and O–H groups in total. The first-order chi connectivity index (χ1) is 39.7. The Labute approximate surface area is 485 Å². The number of amides is 7. The minimum absolute atomic E-state index is 0.101. The predicted molar refractivity (Wildman–Crippen MR) is 319 cm³/mol. The van der Waals surface area contributed by atoms with Crippen LogP contribution in [0.3, 0.4) is 0 Å². The first kappa shape index (κ1) is 59.1. The number of nitrogens with one attached hydrogen (secondary N) is 3. The fourth-order valence-corrected chi connectivity index (χ4v) is 11.0. The van der Waals surface area contributed by atoms with Crippen LogP contribution in [0.2, 0.25) is 0 Å². The van der Waals surface area contributed by atoms with E-state index < -0.39 is 29.3 Å². The molecule has 0 radical (unpaired) electrons. The number of nitrogens with zero attached hydrogens (tertiary/aromatic N) is 5. The summed E-state index contributed by atoms with van der Waals surface area (Å²) in [6.45, 7) is 12.0. The molecule has 0 aliphatic carbocycles. The van der Waals surface area contributed by atoms with Crippen molar-refractivity contribution in [3.63, 3.8) is 0 Å². The smallest absolute Gasteiger partial charge is 0.260 e. The van der Waals surface area contributed by atoms with Crippen LogP contribution in [0.4, 0.5) is 17.1 Å². The van der Waals surface area contributed by atoms with Gasteiger partial charge in [0.2, 0.25) is 29.5 Å². The molecule has 0 bridgehead atoms. The maximum atomic E-state index is 14.3. The van der Waals surface area contributed by atoms with Gasteiger partial charge in [-0.05, 0) is 91.5 Å². The normalized spacial score (nSPS) is 19.5. The van der Waals surface area contributed by atoms with Gasteiger partial charge < -0.3 is 44.7 Å². The van der Waals surface area contributed by atoms with Crippen molar-refractivity contribution in [1.29, 1.82) is 0 Å². The summed E-state index contributed by atoms with van der Waals surface area (Å²) in [5, 5.41) is 8.41. The Hall–Kier alpha value is -8.55. The average Bonchev–Trinajstić information content (AvgIpc) is 2.99. The Kier molecular flexibility index (Phi) is 18.0. The number of fused-ring (bicyclic) bond motifs is 4. The van der Waals surface area contributed by atoms with Gasteiger partial charge in [-0.15, -0.1) is 0 Å². The summed E-state index contributed by atoms with van der Waals surface area (Å²) >= 11 is 0. The lowest BCUT2D eigenvalue weighted by Gasteiger charge is -2.30. The molecule has 4 aromatic rings. The molecule has 0 aromatic heterocycles. The number of ether oxygens (including phenoxy) is 4. The van der Waals surface area contributed by atoms with Crippen molar-refractivity contribution in [2.75, 3.05) is 39.3 Å². The van der Waals surface area contributed by atoms with Gasteiger partial charge in [0, 0.05) is 80.8 Å². The number of likely N-dealkylation sites (tertiary alicyclic amines) is 1. The highest BCUT2D eigenvalue weighted by Gasteiger charge is 2.43. The third-order valence-corrected chi connectivity index (χ3v) is 15.9. The number of hydrogen-bond acceptors (Lipinski definition) is 13. The summed E-state index contributed by atoms with van der Waals surface area (Å²) in [7, 11) is 4.98. The first-order valence-corrected chi connectivity index (χ1v) is 28.5. The molecule has 5 atom stereocenters. The minimum atomic E-state index is -0.928. The van der Waals surface area contributed by atoms with Crippen molar-refractivity contribution in [2.45, 2.75) is 116 Å². The number of aliphatic imine (C=N–C) groups is 2. The third kappa shape index (κ3) is 13.1. The van der Waals surface area contributed by atoms with Crippen LogP contribution >= 0.6 is 0 Å². The zero-order valence-electron chi connectivity index (χ0n) is 48.7. The van der Waals surface area contributed by atoms with Crippen molar-refractivity contribution < 1.29 is 52.5 Å². The summed E-state index contributed by atoms with van der Waals surface area (Å²) in [5.41, 5.74) is 6.45. The second-order valence-corrected chi connectivity index (χ2v) is 22.8. The van der Waals surface area contributed by atoms with Gasteiger partial charge in [0.05, 0.1) is 61.4 Å². The molecule has 9 rings (SSSR count). The van der Waals surface area contributed by atoms with Gasteiger partial charge >= 0.3 is 0 Å². The Morgan fingerprint density at radius 3 is 1.96 bits per heavy atom. The Balaban J connectivity index is 0.742. The van der Waals surface area contributed by atoms with Gasteiger partial charge in [-0.2, -0.15) is 0 Å². The number of aryl methyl sites for hydroxylation is 1. The molecule has 4 aromatic carbocycles. The van der Waals surface area contributed by atoms with E-state index in [4.69, 9.17) is 28.9 Å². The van der Waals surface area contributed by atoms with Crippen molar-refractivity contribution in [3.8, 4) is 23.0 Å². The number of rotatable bonds is 23. The third-order valence-electron chi connectivity index (χ3n) is 15.9. The van der Waals surface area contributed by atoms with Crippen molar-refractivity contribution in [2.24, 2.45) is 27.7 Å². The lowest BCUT2D eigenvalue weighted by molar-refractivity contribution is -0.140. The molecule has 5 unspecified atom stereocenters. The number of unbranched alkanes of at least 4 members (excludes halogenated alkanes) is 2. The Bertz CT molecular complexity index is 3320. The second kappa shape index (κ2) is 25.3. The maximum Gasteiger partial charge on any atom is 0.260 e. The standard InChI is InChI=1S/C63H73BN8O11/c1-36(2)46-28-56(74)70(60(46)77)22-11-9-10-13-55(73)69-57(37(3)4)59(76)67-39(6)58(75)68-44-20-18-41(19-21-44)43-31-63(64)35-66-50-30-54(52(81-8)27-48(50)62(79)72(63)34-43)83-24-12-23-82-53-29-49-47(26-51(53)80-7)61(78)71-33-42(25-45(71)32-65-49)40-16-14-38(5)15-17-40/h14-21,26-27,29-30,32-37,39,45-46,57H,9-13,22-25,28,31,64H2,1-8H3,(H,67,76)(H,68,75)(H,69,73). The summed E-state index contributed by atoms with van der Waals surface area (Å²) in [5.74, 6) is -0.724. The van der Waals surface area contributed by atoms with Crippen LogP contribution in [0.15, 0.2) is 95.2 Å². The molecule has 5 aliphatic rings. The molecule has 5 aliphatic heterocycles. The van der Waals surface area contributed by atoms with E-state index >= 15 is 0 Å². The highest BCUT2D eigenvalue weighted by atomic mass is 16.5. The quantitative estimate of drug-likeness (QED) is 0.0367. The average molecular weight is 1130 g/mol. The molecular formula is C63H73BN8O11. The minimum Gasteiger partial charge on any atom is -0.493 e. The Morgan fingerprint density at radius 1 is 0.711 bits per heavy atom. The highest BCUT2D eigenvalue weighted by molar-refractivity contribution is 6.29. The van der Waals surface area contributed by atoms with Gasteiger partial charge in [-0.25, -0.2) is 0 Å². The molecular weight excluding hydrogens is 1060 g/mol. The van der Waals surface area contributed by atoms with Crippen LogP contribution in [0.25, 0.3) is 11.1 Å². The second-order valence-electron chi connectivity index (χ2n) is 22.8. The van der Waals surface area contributed by atoms with E-state index in [1.165, 1.54) is 24.7 Å². The van der Waals surface area contributed by atoms with E-state index in [9.17, 15) is 33.6 Å². The molecule has 434 valence electrons. The van der Waals surface area contributed by atoms with Crippen LogP contribution in [0.1, 0.15) is 123 Å². The maximum absolute atomic E-state index is 14.3. The van der Waals surface area contributed by atoms with Gasteiger partial charge in [0.1, 0.15) is 19.9 Å². The van der Waals surface area contributed by atoms with Crippen LogP contribution < -0.4 is 34.9 Å². The summed E-state index contributed by atoms with van der Waals surface area (Å²) in [6, 6.07) is 20.2. The summed E-state index contributed by atoms with van der Waals surface area (Å²) in [6.07, 6.45) is 11.1. The van der Waals surface area contributed by atoms with E-state index in [1.807, 2.05) is 73.2 Å². The topological polar surface area (TPSA) is 227 Å². The van der Waals surface area contributed by atoms with Crippen LogP contribution in [-0.2, 0) is 24.0 Å². The fourth-order valence-electron chi connectivity index (χ4n) is 11.0. The number of benzene rings is 4. The van der Waals surface area contributed by atoms with Gasteiger partial charge in [0.25, 0.3) is 11.8 Å². The van der Waals surface area contributed by atoms with Crippen molar-refractivity contribution in [1.82, 2.24) is 25.3 Å². The van der Waals surface area contributed by atoms with E-state index in [2.05, 4.69) is 40.2 Å². The predicted octanol–water partition coefficient (Wildman–Crippen LogP) is 7.94. The van der Waals surface area contributed by atoms with E-state index in [0.29, 0.717) is 96.3 Å². The number of methoxy groups -OCH3 is 2. The zero-order valence-corrected chi connectivity index (χ0v) is 48.7. The van der Waals surface area contributed by atoms with Crippen molar-refractivity contribution in [3.05, 3.63) is 113 Å². The fraction of sp³-hybridized carbons (Fsp3) is 0.413.